The van der Waals surface area contributed by atoms with Crippen LogP contribution < -0.4 is 11.1 Å². The number of thiophene rings is 1. The van der Waals surface area contributed by atoms with Gasteiger partial charge in [-0.3, -0.25) is 9.69 Å². The summed E-state index contributed by atoms with van der Waals surface area (Å²) in [6.07, 6.45) is 2.35. The van der Waals surface area contributed by atoms with Crippen molar-refractivity contribution >= 4 is 28.3 Å². The van der Waals surface area contributed by atoms with Crippen molar-refractivity contribution < 1.29 is 9.59 Å². The Kier molecular flexibility index (Phi) is 7.18. The van der Waals surface area contributed by atoms with E-state index in [9.17, 15) is 14.9 Å². The highest BCUT2D eigenvalue weighted by atomic mass is 32.1. The first kappa shape index (κ1) is 24.5. The number of nitrogens with zero attached hydrogens (tertiary/aromatic N) is 4. The number of amides is 3. The summed E-state index contributed by atoms with van der Waals surface area (Å²) in [6.45, 7) is 6.15. The molecule has 3 atom stereocenters. The van der Waals surface area contributed by atoms with E-state index in [0.29, 0.717) is 29.7 Å². The lowest BCUT2D eigenvalue weighted by molar-refractivity contribution is -0.134. The third-order valence-electron chi connectivity index (χ3n) is 6.74. The maximum Gasteiger partial charge on any atom is 0.323 e. The first-order chi connectivity index (χ1) is 14.9. The number of carbonyl (C=O) groups is 2. The highest BCUT2D eigenvalue weighted by Crippen LogP contribution is 2.42. The van der Waals surface area contributed by atoms with Gasteiger partial charge in [0.05, 0.1) is 11.5 Å². The van der Waals surface area contributed by atoms with Gasteiger partial charge in [0.1, 0.15) is 11.1 Å². The molecule has 0 radical (unpaired) electrons. The number of hydrogen-bond acceptors (Lipinski definition) is 7. The van der Waals surface area contributed by atoms with E-state index in [0.717, 1.165) is 31.4 Å². The number of likely N-dealkylation sites (N-methyl/N-ethyl adjacent to an activating group) is 1. The first-order valence-corrected chi connectivity index (χ1v) is 12.0. The molecular weight excluding hydrogens is 424 g/mol. The number of rotatable bonds is 5. The van der Waals surface area contributed by atoms with Crippen LogP contribution in [-0.2, 0) is 17.6 Å². The van der Waals surface area contributed by atoms with Crippen LogP contribution in [0.25, 0.3) is 0 Å². The van der Waals surface area contributed by atoms with E-state index >= 15 is 0 Å². The molecular formula is C23H36N6O2S. The smallest absolute Gasteiger partial charge is 0.323 e. The monoisotopic (exact) mass is 460 g/mol. The minimum Gasteiger partial charge on any atom is -0.389 e. The average molecular weight is 461 g/mol. The third kappa shape index (κ3) is 5.08. The zero-order valence-electron chi connectivity index (χ0n) is 20.1. The Morgan fingerprint density at radius 1 is 1.31 bits per heavy atom. The minimum atomic E-state index is -0.352. The Balaban J connectivity index is 1.64. The number of nitrogen functional groups attached to an aromatic ring is 1. The summed E-state index contributed by atoms with van der Waals surface area (Å²) in [6, 6.07) is 2.24. The van der Waals surface area contributed by atoms with Crippen LogP contribution in [0.15, 0.2) is 0 Å². The number of nitrogens with one attached hydrogen (secondary N) is 1. The number of piperidine rings is 1. The van der Waals surface area contributed by atoms with E-state index < -0.39 is 0 Å². The maximum absolute atomic E-state index is 13.2. The van der Waals surface area contributed by atoms with Crippen LogP contribution in [0.5, 0.6) is 0 Å². The number of imide groups is 1. The van der Waals surface area contributed by atoms with Crippen molar-refractivity contribution in [3.63, 3.8) is 0 Å². The molecule has 2 heterocycles. The van der Waals surface area contributed by atoms with Gasteiger partial charge in [0.2, 0.25) is 5.91 Å². The zero-order valence-corrected chi connectivity index (χ0v) is 20.9. The van der Waals surface area contributed by atoms with Gasteiger partial charge < -0.3 is 20.9 Å². The molecule has 8 nitrogen and oxygen atoms in total. The number of carbonyl (C=O) groups excluding carboxylic acids is 2. The first-order valence-electron chi connectivity index (χ1n) is 11.1. The molecule has 176 valence electrons. The van der Waals surface area contributed by atoms with Gasteiger partial charge in [0.25, 0.3) is 0 Å². The number of anilines is 1. The van der Waals surface area contributed by atoms with Crippen LogP contribution in [0.2, 0.25) is 0 Å². The lowest BCUT2D eigenvalue weighted by atomic mass is 9.74. The molecule has 3 amide bonds. The molecule has 0 spiro atoms. The fourth-order valence-electron chi connectivity index (χ4n) is 5.37. The quantitative estimate of drug-likeness (QED) is 0.696. The van der Waals surface area contributed by atoms with Crippen molar-refractivity contribution in [1.82, 2.24) is 20.0 Å². The van der Waals surface area contributed by atoms with Gasteiger partial charge in [-0.15, -0.1) is 11.3 Å². The molecule has 1 fully saturated rings. The molecule has 9 heteroatoms. The molecule has 1 aliphatic heterocycles. The van der Waals surface area contributed by atoms with Crippen molar-refractivity contribution in [1.29, 1.82) is 5.26 Å². The Bertz CT molecular complexity index is 918. The summed E-state index contributed by atoms with van der Waals surface area (Å²) >= 11 is 1.52. The molecule has 0 bridgehead atoms. The normalized spacial score (nSPS) is 23.2. The summed E-state index contributed by atoms with van der Waals surface area (Å²) in [5.41, 5.74) is 7.64. The molecule has 0 aromatic carbocycles. The summed E-state index contributed by atoms with van der Waals surface area (Å²) in [5, 5.41) is 13.0. The molecule has 3 rings (SSSR count). The second-order valence-corrected chi connectivity index (χ2v) is 11.6. The lowest BCUT2D eigenvalue weighted by Crippen LogP contribution is -2.55. The maximum atomic E-state index is 13.2. The van der Waals surface area contributed by atoms with E-state index in [-0.39, 0.29) is 29.2 Å². The second-order valence-electron chi connectivity index (χ2n) is 10.4. The number of urea groups is 1. The molecule has 3 N–H and O–H groups in total. The average Bonchev–Trinajstić information content (AvgIpc) is 3.02. The standard InChI is InChI=1S/C23H36N6O2S/c1-23(2,13-27(3)4)12-26-22(31)29(6)21(30)15-7-14-8-16-17(10-24)20(25)32-19(16)9-18(14)28(5)11-15/h14-15,18H,7-9,11-13,25H2,1-6H3,(H,26,31)/t14-,15-,18-/m1/s1. The lowest BCUT2D eigenvalue weighted by Gasteiger charge is -2.45. The molecule has 0 unspecified atom stereocenters. The van der Waals surface area contributed by atoms with Crippen molar-refractivity contribution in [3.05, 3.63) is 16.0 Å². The molecule has 1 aromatic rings. The number of nitriles is 1. The van der Waals surface area contributed by atoms with Gasteiger partial charge >= 0.3 is 6.03 Å². The Morgan fingerprint density at radius 3 is 2.62 bits per heavy atom. The number of likely N-dealkylation sites (tertiary alicyclic amines) is 1. The van der Waals surface area contributed by atoms with E-state index in [1.165, 1.54) is 21.1 Å². The van der Waals surface area contributed by atoms with E-state index in [1.807, 2.05) is 21.1 Å². The predicted octanol–water partition coefficient (Wildman–Crippen LogP) is 1.99. The third-order valence-corrected chi connectivity index (χ3v) is 7.83. The van der Waals surface area contributed by atoms with Gasteiger partial charge in [-0.2, -0.15) is 5.26 Å². The zero-order chi connectivity index (χ0) is 23.8. The molecule has 1 aliphatic carbocycles. The Hall–Kier alpha value is -2.15. The van der Waals surface area contributed by atoms with E-state index in [1.54, 1.807) is 7.05 Å². The topological polar surface area (TPSA) is 106 Å². The van der Waals surface area contributed by atoms with Crippen molar-refractivity contribution in [3.8, 4) is 6.07 Å². The fourth-order valence-corrected chi connectivity index (χ4v) is 6.47. The summed E-state index contributed by atoms with van der Waals surface area (Å²) in [5.74, 6) is -0.115. The fraction of sp³-hybridized carbons (Fsp3) is 0.696. The highest BCUT2D eigenvalue weighted by molar-refractivity contribution is 7.16. The van der Waals surface area contributed by atoms with Crippen LogP contribution >= 0.6 is 11.3 Å². The van der Waals surface area contributed by atoms with Gasteiger partial charge in [0.15, 0.2) is 0 Å². The van der Waals surface area contributed by atoms with E-state index in [4.69, 9.17) is 5.73 Å². The van der Waals surface area contributed by atoms with Crippen LogP contribution in [-0.4, -0.2) is 80.5 Å². The van der Waals surface area contributed by atoms with Crippen LogP contribution in [0.1, 0.15) is 36.3 Å². The molecule has 1 aromatic heterocycles. The number of nitrogens with two attached hydrogens (primary N) is 1. The second kappa shape index (κ2) is 9.38. The van der Waals surface area contributed by atoms with E-state index in [2.05, 4.69) is 35.0 Å². The largest absolute Gasteiger partial charge is 0.389 e. The van der Waals surface area contributed by atoms with Crippen LogP contribution in [0.3, 0.4) is 0 Å². The summed E-state index contributed by atoms with van der Waals surface area (Å²) in [7, 11) is 7.62. The Morgan fingerprint density at radius 2 is 2.00 bits per heavy atom. The minimum absolute atomic E-state index is 0.0953. The number of hydrogen-bond donors (Lipinski definition) is 2. The molecule has 2 aliphatic rings. The van der Waals surface area contributed by atoms with Gasteiger partial charge in [-0.25, -0.2) is 4.79 Å². The van der Waals surface area contributed by atoms with Gasteiger partial charge in [-0.1, -0.05) is 13.8 Å². The predicted molar refractivity (Wildman–Crippen MR) is 127 cm³/mol. The highest BCUT2D eigenvalue weighted by Gasteiger charge is 2.42. The summed E-state index contributed by atoms with van der Waals surface area (Å²) < 4.78 is 0. The molecule has 1 saturated heterocycles. The van der Waals surface area contributed by atoms with Crippen LogP contribution in [0, 0.1) is 28.6 Å². The van der Waals surface area contributed by atoms with Crippen molar-refractivity contribution in [2.75, 3.05) is 53.6 Å². The SMILES string of the molecule is CN(C)CC(C)(C)CNC(=O)N(C)C(=O)[C@@H]1C[C@@H]2Cc3c(sc(N)c3C#N)C[C@H]2N(C)C1. The summed E-state index contributed by atoms with van der Waals surface area (Å²) in [4.78, 5) is 32.7. The van der Waals surface area contributed by atoms with Gasteiger partial charge in [-0.05, 0) is 57.3 Å². The number of fused-ring (bicyclic) bond motifs is 2. The Labute approximate surface area is 195 Å². The van der Waals surface area contributed by atoms with Gasteiger partial charge in [0, 0.05) is 37.6 Å². The molecule has 32 heavy (non-hydrogen) atoms. The van der Waals surface area contributed by atoms with Crippen molar-refractivity contribution in [2.45, 2.75) is 39.2 Å². The van der Waals surface area contributed by atoms with Crippen LogP contribution in [0.4, 0.5) is 9.80 Å². The van der Waals surface area contributed by atoms with Crippen molar-refractivity contribution in [2.24, 2.45) is 17.3 Å². The molecule has 0 saturated carbocycles.